The number of methoxy groups -OCH3 is 2. The lowest BCUT2D eigenvalue weighted by Crippen LogP contribution is -2.53. The van der Waals surface area contributed by atoms with Crippen molar-refractivity contribution in [2.45, 2.75) is 58.7 Å². The van der Waals surface area contributed by atoms with Crippen molar-refractivity contribution in [2.24, 2.45) is 0 Å². The third-order valence-corrected chi connectivity index (χ3v) is 8.21. The van der Waals surface area contributed by atoms with Crippen molar-refractivity contribution in [3.63, 3.8) is 0 Å². The summed E-state index contributed by atoms with van der Waals surface area (Å²) in [4.78, 5) is 20.2. The van der Waals surface area contributed by atoms with Gasteiger partial charge in [-0.05, 0) is 68.4 Å². The summed E-state index contributed by atoms with van der Waals surface area (Å²) in [7, 11) is 3.33. The zero-order valence-electron chi connectivity index (χ0n) is 22.0. The van der Waals surface area contributed by atoms with E-state index >= 15 is 0 Å². The number of urea groups is 1. The van der Waals surface area contributed by atoms with Crippen LogP contribution in [-0.4, -0.2) is 60.1 Å². The summed E-state index contributed by atoms with van der Waals surface area (Å²) in [6.45, 7) is 9.49. The van der Waals surface area contributed by atoms with Gasteiger partial charge in [-0.2, -0.15) is 0 Å². The molecule has 192 valence electrons. The quantitative estimate of drug-likeness (QED) is 0.575. The van der Waals surface area contributed by atoms with Crippen LogP contribution in [0.5, 0.6) is 11.5 Å². The molecule has 0 radical (unpaired) electrons. The summed E-state index contributed by atoms with van der Waals surface area (Å²) in [6, 6.07) is 7.94. The number of aryl methyl sites for hydroxylation is 2. The van der Waals surface area contributed by atoms with Crippen LogP contribution in [0.4, 0.5) is 9.18 Å². The van der Waals surface area contributed by atoms with Gasteiger partial charge in [0.25, 0.3) is 0 Å². The number of likely N-dealkylation sites (N-methyl/N-ethyl adjacent to an activating group) is 1. The van der Waals surface area contributed by atoms with E-state index in [1.807, 2.05) is 43.0 Å². The molecular formula is C29H36FN3O3. The molecule has 0 bridgehead atoms. The molecule has 0 unspecified atom stereocenters. The molecule has 7 heteroatoms. The van der Waals surface area contributed by atoms with Crippen LogP contribution in [-0.2, 0) is 19.5 Å². The topological polar surface area (TPSA) is 45.3 Å². The third kappa shape index (κ3) is 3.94. The van der Waals surface area contributed by atoms with E-state index < -0.39 is 0 Å². The van der Waals surface area contributed by atoms with Crippen molar-refractivity contribution in [1.82, 2.24) is 14.7 Å². The first-order valence-electron chi connectivity index (χ1n) is 12.8. The van der Waals surface area contributed by atoms with Gasteiger partial charge in [0.05, 0.1) is 26.3 Å². The Hall–Kier alpha value is -3.06. The summed E-state index contributed by atoms with van der Waals surface area (Å²) >= 11 is 0. The Morgan fingerprint density at radius 2 is 1.72 bits per heavy atom. The first-order chi connectivity index (χ1) is 17.3. The van der Waals surface area contributed by atoms with Gasteiger partial charge in [-0.1, -0.05) is 18.2 Å². The van der Waals surface area contributed by atoms with Gasteiger partial charge in [-0.25, -0.2) is 9.18 Å². The van der Waals surface area contributed by atoms with Crippen molar-refractivity contribution >= 4 is 6.03 Å². The lowest BCUT2D eigenvalue weighted by molar-refractivity contribution is 0.0888. The number of amides is 2. The molecule has 1 spiro atoms. The average molecular weight is 494 g/mol. The maximum absolute atomic E-state index is 14.1. The van der Waals surface area contributed by atoms with Gasteiger partial charge in [0.15, 0.2) is 0 Å². The SMILES string of the molecule is CCN1C(=O)N2Cc3cc(OC)cc(OC)c3CC=C2C12CCN(Cc1cc(C)c(F)c(C)c1)CC2. The first kappa shape index (κ1) is 24.6. The number of rotatable bonds is 5. The molecule has 0 aromatic heterocycles. The van der Waals surface area contributed by atoms with Crippen LogP contribution in [0.15, 0.2) is 36.0 Å². The lowest BCUT2D eigenvalue weighted by Gasteiger charge is -2.44. The Morgan fingerprint density at radius 3 is 2.33 bits per heavy atom. The molecule has 5 rings (SSSR count). The van der Waals surface area contributed by atoms with Gasteiger partial charge in [0, 0.05) is 43.5 Å². The molecule has 2 aromatic carbocycles. The molecule has 0 atom stereocenters. The largest absolute Gasteiger partial charge is 0.497 e. The summed E-state index contributed by atoms with van der Waals surface area (Å²) in [5.41, 5.74) is 5.55. The highest BCUT2D eigenvalue weighted by molar-refractivity contribution is 5.83. The summed E-state index contributed by atoms with van der Waals surface area (Å²) < 4.78 is 25.3. The standard InChI is InChI=1S/C29H36FN3O3/c1-6-33-28(34)32-18-22-15-23(35-4)16-25(36-5)24(22)7-8-26(32)29(33)9-11-31(12-10-29)17-21-13-19(2)27(30)20(3)14-21/h8,13-16H,6-7,9-12,17-18H2,1-5H3. The van der Waals surface area contributed by atoms with Crippen LogP contribution in [0.2, 0.25) is 0 Å². The fourth-order valence-corrected chi connectivity index (χ4v) is 6.42. The second-order valence-corrected chi connectivity index (χ2v) is 10.2. The maximum Gasteiger partial charge on any atom is 0.325 e. The number of ether oxygens (including phenoxy) is 2. The van der Waals surface area contributed by atoms with Crippen molar-refractivity contribution in [3.8, 4) is 11.5 Å². The second-order valence-electron chi connectivity index (χ2n) is 10.2. The predicted molar refractivity (Wildman–Crippen MR) is 138 cm³/mol. The summed E-state index contributed by atoms with van der Waals surface area (Å²) in [5, 5.41) is 0. The first-order valence-corrected chi connectivity index (χ1v) is 12.8. The number of nitrogens with zero attached hydrogens (tertiary/aromatic N) is 3. The molecule has 3 aliphatic rings. The number of allylic oxidation sites excluding steroid dienone is 1. The summed E-state index contributed by atoms with van der Waals surface area (Å²) in [6.07, 6.45) is 4.73. The van der Waals surface area contributed by atoms with E-state index in [4.69, 9.17) is 9.47 Å². The highest BCUT2D eigenvalue weighted by Crippen LogP contribution is 2.46. The van der Waals surface area contributed by atoms with Gasteiger partial charge in [0.2, 0.25) is 0 Å². The van der Waals surface area contributed by atoms with Gasteiger partial charge in [-0.15, -0.1) is 0 Å². The molecule has 3 heterocycles. The monoisotopic (exact) mass is 493 g/mol. The number of benzene rings is 2. The molecule has 2 amide bonds. The van der Waals surface area contributed by atoms with Crippen LogP contribution >= 0.6 is 0 Å². The smallest absolute Gasteiger partial charge is 0.325 e. The minimum absolute atomic E-state index is 0.0802. The van der Waals surface area contributed by atoms with Crippen LogP contribution in [0.3, 0.4) is 0 Å². The highest BCUT2D eigenvalue weighted by atomic mass is 19.1. The number of halogens is 1. The molecule has 0 saturated carbocycles. The fraction of sp³-hybridized carbons (Fsp3) is 0.483. The van der Waals surface area contributed by atoms with Crippen molar-refractivity contribution < 1.29 is 18.7 Å². The van der Waals surface area contributed by atoms with Crippen molar-refractivity contribution in [3.05, 3.63) is 69.7 Å². The normalized spacial score (nSPS) is 19.2. The van der Waals surface area contributed by atoms with Crippen molar-refractivity contribution in [1.29, 1.82) is 0 Å². The maximum atomic E-state index is 14.1. The fourth-order valence-electron chi connectivity index (χ4n) is 6.42. The van der Waals surface area contributed by atoms with Gasteiger partial charge in [0.1, 0.15) is 17.3 Å². The zero-order valence-corrected chi connectivity index (χ0v) is 22.0. The number of carbonyl (C=O) groups is 1. The Balaban J connectivity index is 1.41. The summed E-state index contributed by atoms with van der Waals surface area (Å²) in [5.74, 6) is 1.42. The Bertz CT molecular complexity index is 1190. The van der Waals surface area contributed by atoms with Crippen LogP contribution in [0.1, 0.15) is 47.6 Å². The molecule has 6 nitrogen and oxygen atoms in total. The van der Waals surface area contributed by atoms with E-state index in [9.17, 15) is 9.18 Å². The van der Waals surface area contributed by atoms with E-state index in [-0.39, 0.29) is 17.4 Å². The molecule has 36 heavy (non-hydrogen) atoms. The van der Waals surface area contributed by atoms with Gasteiger partial charge in [-0.3, -0.25) is 9.80 Å². The van der Waals surface area contributed by atoms with E-state index in [1.54, 1.807) is 14.2 Å². The van der Waals surface area contributed by atoms with E-state index in [2.05, 4.69) is 22.8 Å². The Kier molecular flexibility index (Phi) is 6.45. The van der Waals surface area contributed by atoms with Gasteiger partial charge >= 0.3 is 6.03 Å². The van der Waals surface area contributed by atoms with Crippen molar-refractivity contribution in [2.75, 3.05) is 33.9 Å². The number of hydrogen-bond acceptors (Lipinski definition) is 4. The van der Waals surface area contributed by atoms with Gasteiger partial charge < -0.3 is 14.4 Å². The Morgan fingerprint density at radius 1 is 1.03 bits per heavy atom. The zero-order chi connectivity index (χ0) is 25.6. The van der Waals surface area contributed by atoms with E-state index in [1.165, 1.54) is 0 Å². The minimum atomic E-state index is -0.295. The number of carbonyl (C=O) groups excluding carboxylic acids is 1. The van der Waals surface area contributed by atoms with E-state index in [0.29, 0.717) is 24.2 Å². The van der Waals surface area contributed by atoms with Crippen LogP contribution in [0, 0.1) is 19.7 Å². The molecule has 2 fully saturated rings. The molecule has 2 saturated heterocycles. The Labute approximate surface area is 213 Å². The number of likely N-dealkylation sites (tertiary alicyclic amines) is 1. The average Bonchev–Trinajstić information content (AvgIpc) is 2.99. The third-order valence-electron chi connectivity index (χ3n) is 8.21. The second kappa shape index (κ2) is 9.43. The molecule has 3 aliphatic heterocycles. The number of hydrogen-bond donors (Lipinski definition) is 0. The predicted octanol–water partition coefficient (Wildman–Crippen LogP) is 5.19. The number of piperidine rings is 1. The lowest BCUT2D eigenvalue weighted by atomic mass is 9.83. The molecule has 0 aliphatic carbocycles. The van der Waals surface area contributed by atoms with E-state index in [0.717, 1.165) is 72.8 Å². The molecule has 0 N–H and O–H groups in total. The van der Waals surface area contributed by atoms with Crippen LogP contribution in [0.25, 0.3) is 0 Å². The molecular weight excluding hydrogens is 457 g/mol. The molecule has 2 aromatic rings. The number of fused-ring (bicyclic) bond motifs is 3. The van der Waals surface area contributed by atoms with Crippen LogP contribution < -0.4 is 9.47 Å². The highest BCUT2D eigenvalue weighted by Gasteiger charge is 2.54. The minimum Gasteiger partial charge on any atom is -0.497 e.